The molecule has 0 atom stereocenters. The van der Waals surface area contributed by atoms with E-state index in [4.69, 9.17) is 4.74 Å². The van der Waals surface area contributed by atoms with E-state index in [1.54, 1.807) is 34.8 Å². The molecule has 4 aromatic rings. The van der Waals surface area contributed by atoms with Crippen molar-refractivity contribution in [3.05, 3.63) is 79.4 Å². The molecule has 31 heavy (non-hydrogen) atoms. The highest BCUT2D eigenvalue weighted by molar-refractivity contribution is 5.98. The Kier molecular flexibility index (Phi) is 5.53. The third-order valence-electron chi connectivity index (χ3n) is 4.47. The van der Waals surface area contributed by atoms with Crippen molar-refractivity contribution in [1.29, 1.82) is 0 Å². The number of amides is 1. The Bertz CT molecular complexity index is 1230. The van der Waals surface area contributed by atoms with E-state index in [0.717, 1.165) is 11.4 Å². The van der Waals surface area contributed by atoms with Crippen LogP contribution < -0.4 is 20.3 Å². The van der Waals surface area contributed by atoms with Crippen LogP contribution in [0.3, 0.4) is 0 Å². The van der Waals surface area contributed by atoms with E-state index in [0.29, 0.717) is 28.9 Å². The van der Waals surface area contributed by atoms with Crippen molar-refractivity contribution in [2.45, 2.75) is 0 Å². The third-order valence-corrected chi connectivity index (χ3v) is 4.47. The molecule has 0 aliphatic rings. The first-order valence-corrected chi connectivity index (χ1v) is 9.63. The topological polar surface area (TPSA) is 83.8 Å². The number of anilines is 4. The van der Waals surface area contributed by atoms with Crippen molar-refractivity contribution in [2.75, 3.05) is 29.6 Å². The molecule has 0 spiro atoms. The molecule has 0 aliphatic carbocycles. The van der Waals surface area contributed by atoms with E-state index in [9.17, 15) is 4.79 Å². The summed E-state index contributed by atoms with van der Waals surface area (Å²) in [6.45, 7) is 3.46. The van der Waals surface area contributed by atoms with Gasteiger partial charge in [-0.1, -0.05) is 18.7 Å². The van der Waals surface area contributed by atoms with Gasteiger partial charge in [-0.2, -0.15) is 9.50 Å². The lowest BCUT2D eigenvalue weighted by Crippen LogP contribution is -2.08. The minimum Gasteiger partial charge on any atom is -0.439 e. The Hall–Kier alpha value is -4.33. The zero-order valence-electron chi connectivity index (χ0n) is 17.2. The monoisotopic (exact) mass is 414 g/mol. The summed E-state index contributed by atoms with van der Waals surface area (Å²) in [4.78, 5) is 18.1. The summed E-state index contributed by atoms with van der Waals surface area (Å²) < 4.78 is 7.62. The quantitative estimate of drug-likeness (QED) is 0.435. The molecular formula is C23H22N6O2. The Morgan fingerprint density at radius 2 is 1.84 bits per heavy atom. The minimum absolute atomic E-state index is 0.287. The van der Waals surface area contributed by atoms with E-state index < -0.39 is 0 Å². The molecule has 0 saturated heterocycles. The largest absolute Gasteiger partial charge is 0.439 e. The molecule has 2 heterocycles. The van der Waals surface area contributed by atoms with Gasteiger partial charge in [0.2, 0.25) is 17.7 Å². The van der Waals surface area contributed by atoms with Crippen LogP contribution in [0, 0.1) is 0 Å². The van der Waals surface area contributed by atoms with Gasteiger partial charge in [0.25, 0.3) is 0 Å². The maximum absolute atomic E-state index is 11.5. The first kappa shape index (κ1) is 20.0. The molecule has 0 unspecified atom stereocenters. The lowest BCUT2D eigenvalue weighted by molar-refractivity contribution is -0.111. The first-order valence-electron chi connectivity index (χ1n) is 9.63. The van der Waals surface area contributed by atoms with Gasteiger partial charge >= 0.3 is 0 Å². The summed E-state index contributed by atoms with van der Waals surface area (Å²) in [7, 11) is 3.99. The number of rotatable bonds is 7. The Balaban J connectivity index is 1.56. The lowest BCUT2D eigenvalue weighted by Gasteiger charge is -2.12. The van der Waals surface area contributed by atoms with Gasteiger partial charge < -0.3 is 20.3 Å². The molecule has 0 radical (unpaired) electrons. The second-order valence-electron chi connectivity index (χ2n) is 6.96. The maximum atomic E-state index is 11.5. The van der Waals surface area contributed by atoms with Crippen LogP contribution in [0.2, 0.25) is 0 Å². The van der Waals surface area contributed by atoms with Gasteiger partial charge in [-0.25, -0.2) is 0 Å². The molecule has 8 nitrogen and oxygen atoms in total. The van der Waals surface area contributed by atoms with Gasteiger partial charge in [-0.15, -0.1) is 5.10 Å². The van der Waals surface area contributed by atoms with Gasteiger partial charge in [0.15, 0.2) is 5.65 Å². The third kappa shape index (κ3) is 4.64. The smallest absolute Gasteiger partial charge is 0.247 e. The number of carbonyl (C=O) groups is 1. The lowest BCUT2D eigenvalue weighted by atomic mass is 10.2. The zero-order valence-corrected chi connectivity index (χ0v) is 17.2. The van der Waals surface area contributed by atoms with Gasteiger partial charge in [0.05, 0.1) is 0 Å². The fraction of sp³-hybridized carbons (Fsp3) is 0.0870. The van der Waals surface area contributed by atoms with Crippen molar-refractivity contribution >= 4 is 34.6 Å². The number of ether oxygens (including phenoxy) is 1. The number of pyridine rings is 1. The van der Waals surface area contributed by atoms with Crippen molar-refractivity contribution < 1.29 is 9.53 Å². The highest BCUT2D eigenvalue weighted by Crippen LogP contribution is 2.26. The summed E-state index contributed by atoms with van der Waals surface area (Å²) in [5.74, 6) is 1.22. The van der Waals surface area contributed by atoms with Crippen LogP contribution >= 0.6 is 0 Å². The zero-order chi connectivity index (χ0) is 21.8. The SMILES string of the molecule is C=CC(=O)Nc1cccc(Oc2cccc3nc(Nc4ccc(N(C)C)cc4)nn23)c1. The molecule has 0 saturated carbocycles. The second kappa shape index (κ2) is 8.58. The number of hydrogen-bond donors (Lipinski definition) is 2. The predicted molar refractivity (Wildman–Crippen MR) is 122 cm³/mol. The Labute approximate surface area is 179 Å². The fourth-order valence-corrected chi connectivity index (χ4v) is 2.93. The minimum atomic E-state index is -0.287. The number of nitrogens with zero attached hydrogens (tertiary/aromatic N) is 4. The Morgan fingerprint density at radius 3 is 2.58 bits per heavy atom. The predicted octanol–water partition coefficient (Wildman–Crippen LogP) is 4.46. The molecule has 2 N–H and O–H groups in total. The maximum Gasteiger partial charge on any atom is 0.247 e. The van der Waals surface area contributed by atoms with Crippen molar-refractivity contribution in [3.8, 4) is 11.6 Å². The summed E-state index contributed by atoms with van der Waals surface area (Å²) >= 11 is 0. The number of aromatic nitrogens is 3. The van der Waals surface area contributed by atoms with E-state index in [1.165, 1.54) is 6.08 Å². The van der Waals surface area contributed by atoms with Gasteiger partial charge in [0, 0.05) is 43.3 Å². The van der Waals surface area contributed by atoms with Crippen LogP contribution in [0.4, 0.5) is 23.0 Å². The first-order chi connectivity index (χ1) is 15.0. The number of nitrogens with one attached hydrogen (secondary N) is 2. The molecule has 156 valence electrons. The Morgan fingerprint density at radius 1 is 1.06 bits per heavy atom. The van der Waals surface area contributed by atoms with Crippen LogP contribution in [0.25, 0.3) is 5.65 Å². The van der Waals surface area contributed by atoms with Crippen LogP contribution in [-0.2, 0) is 4.79 Å². The fourth-order valence-electron chi connectivity index (χ4n) is 2.93. The molecular weight excluding hydrogens is 392 g/mol. The van der Waals surface area contributed by atoms with Gasteiger partial charge in [-0.3, -0.25) is 4.79 Å². The molecule has 2 aromatic carbocycles. The second-order valence-corrected chi connectivity index (χ2v) is 6.96. The van der Waals surface area contributed by atoms with Crippen LogP contribution in [0.1, 0.15) is 0 Å². The highest BCUT2D eigenvalue weighted by Gasteiger charge is 2.10. The molecule has 8 heteroatoms. The summed E-state index contributed by atoms with van der Waals surface area (Å²) in [6.07, 6.45) is 1.21. The average Bonchev–Trinajstić information content (AvgIpc) is 3.18. The van der Waals surface area contributed by atoms with E-state index >= 15 is 0 Å². The molecule has 4 rings (SSSR count). The highest BCUT2D eigenvalue weighted by atomic mass is 16.5. The van der Waals surface area contributed by atoms with E-state index in [-0.39, 0.29) is 5.91 Å². The van der Waals surface area contributed by atoms with E-state index in [1.807, 2.05) is 55.4 Å². The van der Waals surface area contributed by atoms with Crippen molar-refractivity contribution in [1.82, 2.24) is 14.6 Å². The van der Waals surface area contributed by atoms with E-state index in [2.05, 4.69) is 27.3 Å². The standard InChI is InChI=1S/C23H22N6O2/c1-4-21(30)24-17-7-5-8-19(15-17)31-22-10-6-9-20-26-23(27-29(20)22)25-16-11-13-18(14-12-16)28(2)3/h4-15H,1H2,2-3H3,(H,24,30)(H,25,27). The van der Waals surface area contributed by atoms with Gasteiger partial charge in [0.1, 0.15) is 5.75 Å². The normalized spacial score (nSPS) is 10.5. The molecule has 0 fully saturated rings. The van der Waals surface area contributed by atoms with Gasteiger partial charge in [-0.05, 0) is 48.5 Å². The van der Waals surface area contributed by atoms with Crippen LogP contribution in [-0.4, -0.2) is 34.6 Å². The van der Waals surface area contributed by atoms with Crippen molar-refractivity contribution in [3.63, 3.8) is 0 Å². The number of hydrogen-bond acceptors (Lipinski definition) is 6. The molecule has 2 aromatic heterocycles. The van der Waals surface area contributed by atoms with Crippen LogP contribution in [0.15, 0.2) is 79.4 Å². The number of carbonyl (C=O) groups excluding carboxylic acids is 1. The molecule has 1 amide bonds. The van der Waals surface area contributed by atoms with Crippen LogP contribution in [0.5, 0.6) is 11.6 Å². The number of fused-ring (bicyclic) bond motifs is 1. The molecule has 0 bridgehead atoms. The summed E-state index contributed by atoms with van der Waals surface area (Å²) in [6, 6.07) is 20.6. The molecule has 0 aliphatic heterocycles. The number of benzene rings is 2. The summed E-state index contributed by atoms with van der Waals surface area (Å²) in [5, 5.41) is 10.4. The summed E-state index contributed by atoms with van der Waals surface area (Å²) in [5.41, 5.74) is 3.24. The van der Waals surface area contributed by atoms with Crippen molar-refractivity contribution in [2.24, 2.45) is 0 Å². The average molecular weight is 414 g/mol.